The van der Waals surface area contributed by atoms with E-state index in [2.05, 4.69) is 31.9 Å². The monoisotopic (exact) mass is 438 g/mol. The highest BCUT2D eigenvalue weighted by atomic mass is 17.2. The molecule has 4 rings (SSSR count). The van der Waals surface area contributed by atoms with E-state index in [1.54, 1.807) is 0 Å². The third kappa shape index (κ3) is 3.74. The second-order valence-electron chi connectivity index (χ2n) is 9.26. The van der Waals surface area contributed by atoms with Crippen LogP contribution in [0.15, 0.2) is 25.4 Å². The van der Waals surface area contributed by atoms with Crippen molar-refractivity contribution in [2.75, 3.05) is 13.4 Å². The van der Waals surface area contributed by atoms with Crippen molar-refractivity contribution < 1.29 is 39.1 Å². The number of hydrogen-bond donors (Lipinski definition) is 0. The van der Waals surface area contributed by atoms with Gasteiger partial charge in [-0.1, -0.05) is 20.4 Å². The van der Waals surface area contributed by atoms with Gasteiger partial charge in [-0.25, -0.2) is 0 Å². The van der Waals surface area contributed by atoms with Crippen LogP contribution in [0.1, 0.15) is 33.6 Å². The number of rotatable bonds is 9. The van der Waals surface area contributed by atoms with Crippen LogP contribution in [0.4, 0.5) is 0 Å². The van der Waals surface area contributed by atoms with Crippen LogP contribution in [-0.4, -0.2) is 30.8 Å². The summed E-state index contributed by atoms with van der Waals surface area (Å²) < 4.78 is 15.9. The third-order valence-corrected chi connectivity index (χ3v) is 8.46. The molecule has 0 radical (unpaired) electrons. The highest BCUT2D eigenvalue weighted by Gasteiger charge is 2.71. The van der Waals surface area contributed by atoms with E-state index in [4.69, 9.17) is 19.1 Å². The fourth-order valence-corrected chi connectivity index (χ4v) is 7.46. The lowest BCUT2D eigenvalue weighted by molar-refractivity contribution is -0.248. The molecule has 10 atom stereocenters. The smallest absolute Gasteiger partial charge is 0.330 e. The molecule has 4 saturated carbocycles. The lowest BCUT2D eigenvalue weighted by atomic mass is 9.59. The molecule has 0 aromatic heterocycles. The molecule has 174 valence electrons. The van der Waals surface area contributed by atoms with Crippen LogP contribution in [0.5, 0.6) is 0 Å². The molecule has 0 aliphatic heterocycles. The van der Waals surface area contributed by atoms with E-state index in [0.717, 1.165) is 12.7 Å². The Morgan fingerprint density at radius 2 is 1.52 bits per heavy atom. The van der Waals surface area contributed by atoms with Crippen LogP contribution < -0.4 is 0 Å². The predicted octanol–water partition coefficient (Wildman–Crippen LogP) is 2.84. The molecular formula is C23H34O8. The number of hydrogen-bond acceptors (Lipinski definition) is 7. The molecule has 4 fully saturated rings. The van der Waals surface area contributed by atoms with Crippen molar-refractivity contribution in [3.63, 3.8) is 0 Å². The van der Waals surface area contributed by atoms with Gasteiger partial charge in [-0.3, -0.25) is 19.4 Å². The molecule has 0 amide bonds. The van der Waals surface area contributed by atoms with Crippen LogP contribution in [0.3, 0.4) is 0 Å². The zero-order chi connectivity index (χ0) is 21.6. The standard InChI is InChI=1S/C23H32O7.H2O/c1-6-26-10-27-22(24)20-16-9-17(21(20)23(25)29-13(5)30-28-7-2)19-15-8-14(18(16)19)11(3)12(15)4;/h7,11-12,14-21H,2,5-6,8-10H2,1,3-4H3;1H2. The maximum atomic E-state index is 13.1. The molecule has 10 unspecified atom stereocenters. The van der Waals surface area contributed by atoms with Crippen molar-refractivity contribution >= 4 is 11.9 Å². The van der Waals surface area contributed by atoms with Gasteiger partial charge in [0.2, 0.25) is 0 Å². The largest absolute Gasteiger partial charge is 0.438 e. The third-order valence-electron chi connectivity index (χ3n) is 8.46. The second-order valence-corrected chi connectivity index (χ2v) is 9.26. The maximum Gasteiger partial charge on any atom is 0.330 e. The van der Waals surface area contributed by atoms with Crippen molar-refractivity contribution in [2.45, 2.75) is 33.6 Å². The van der Waals surface area contributed by atoms with Crippen molar-refractivity contribution in [1.29, 1.82) is 0 Å². The summed E-state index contributed by atoms with van der Waals surface area (Å²) in [6.07, 6.45) is 3.13. The summed E-state index contributed by atoms with van der Waals surface area (Å²) in [5, 5.41) is 0. The summed E-state index contributed by atoms with van der Waals surface area (Å²) in [5.74, 6) is 1.57. The van der Waals surface area contributed by atoms with Gasteiger partial charge in [-0.15, -0.1) is 0 Å². The molecule has 31 heavy (non-hydrogen) atoms. The lowest BCUT2D eigenvalue weighted by Crippen LogP contribution is -2.47. The van der Waals surface area contributed by atoms with E-state index >= 15 is 0 Å². The fourth-order valence-electron chi connectivity index (χ4n) is 7.46. The maximum absolute atomic E-state index is 13.1. The minimum atomic E-state index is -0.559. The van der Waals surface area contributed by atoms with Crippen LogP contribution in [-0.2, 0) is 33.6 Å². The topological polar surface area (TPSA) is 112 Å². The van der Waals surface area contributed by atoms with Gasteiger partial charge in [0.25, 0.3) is 0 Å². The summed E-state index contributed by atoms with van der Waals surface area (Å²) >= 11 is 0. The van der Waals surface area contributed by atoms with E-state index in [1.165, 1.54) is 6.42 Å². The molecule has 2 N–H and O–H groups in total. The van der Waals surface area contributed by atoms with Crippen molar-refractivity contribution in [1.82, 2.24) is 0 Å². The van der Waals surface area contributed by atoms with Gasteiger partial charge >= 0.3 is 17.9 Å². The Morgan fingerprint density at radius 3 is 2.06 bits per heavy atom. The molecule has 0 aromatic rings. The number of esters is 2. The molecule has 4 aliphatic carbocycles. The molecule has 4 aliphatic rings. The van der Waals surface area contributed by atoms with Gasteiger partial charge < -0.3 is 19.7 Å². The average Bonchev–Trinajstić information content (AvgIpc) is 3.45. The van der Waals surface area contributed by atoms with Crippen molar-refractivity contribution in [2.24, 2.45) is 59.2 Å². The fraction of sp³-hybridized carbons (Fsp3) is 0.739. The van der Waals surface area contributed by atoms with E-state index in [0.29, 0.717) is 42.1 Å². The highest BCUT2D eigenvalue weighted by molar-refractivity contribution is 5.84. The molecule has 0 saturated heterocycles. The summed E-state index contributed by atoms with van der Waals surface area (Å²) in [6, 6.07) is 0. The van der Waals surface area contributed by atoms with E-state index in [9.17, 15) is 9.59 Å². The Balaban J connectivity index is 0.00000272. The molecule has 8 heteroatoms. The minimum absolute atomic E-state index is 0. The lowest BCUT2D eigenvalue weighted by Gasteiger charge is -2.45. The molecule has 0 heterocycles. The Labute approximate surface area is 183 Å². The van der Waals surface area contributed by atoms with Crippen LogP contribution >= 0.6 is 0 Å². The summed E-state index contributed by atoms with van der Waals surface area (Å²) in [4.78, 5) is 35.5. The first-order chi connectivity index (χ1) is 14.4. The van der Waals surface area contributed by atoms with Gasteiger partial charge in [0.05, 0.1) is 11.8 Å². The van der Waals surface area contributed by atoms with Crippen molar-refractivity contribution in [3.05, 3.63) is 25.4 Å². The quantitative estimate of drug-likeness (QED) is 0.103. The highest BCUT2D eigenvalue weighted by Crippen LogP contribution is 2.72. The molecule has 0 spiro atoms. The summed E-state index contributed by atoms with van der Waals surface area (Å²) in [5.41, 5.74) is 0. The number of carbonyl (C=O) groups excluding carboxylic acids is 2. The van der Waals surface area contributed by atoms with Crippen LogP contribution in [0, 0.1) is 59.2 Å². The molecular weight excluding hydrogens is 404 g/mol. The Bertz CT molecular complexity index is 720. The average molecular weight is 439 g/mol. The zero-order valence-electron chi connectivity index (χ0n) is 18.5. The summed E-state index contributed by atoms with van der Waals surface area (Å²) in [7, 11) is 0. The van der Waals surface area contributed by atoms with Gasteiger partial charge in [0.1, 0.15) is 6.26 Å². The first-order valence-electron chi connectivity index (χ1n) is 11.0. The second kappa shape index (κ2) is 9.20. The predicted molar refractivity (Wildman–Crippen MR) is 109 cm³/mol. The number of carbonyl (C=O) groups is 2. The number of ether oxygens (including phenoxy) is 3. The normalized spacial score (nSPS) is 41.1. The van der Waals surface area contributed by atoms with Crippen LogP contribution in [0.2, 0.25) is 0 Å². The minimum Gasteiger partial charge on any atom is -0.438 e. The molecule has 8 nitrogen and oxygen atoms in total. The van der Waals surface area contributed by atoms with Crippen molar-refractivity contribution in [3.8, 4) is 0 Å². The van der Waals surface area contributed by atoms with E-state index in [1.807, 2.05) is 6.92 Å². The zero-order valence-corrected chi connectivity index (χ0v) is 18.5. The van der Waals surface area contributed by atoms with E-state index < -0.39 is 17.8 Å². The Morgan fingerprint density at radius 1 is 0.968 bits per heavy atom. The van der Waals surface area contributed by atoms with Gasteiger partial charge in [0, 0.05) is 6.61 Å². The number of fused-ring (bicyclic) bond motifs is 9. The van der Waals surface area contributed by atoms with Gasteiger partial charge in [-0.05, 0) is 73.7 Å². The first kappa shape index (κ1) is 23.6. The molecule has 0 aromatic carbocycles. The Kier molecular flexibility index (Phi) is 7.01. The molecule has 4 bridgehead atoms. The van der Waals surface area contributed by atoms with E-state index in [-0.39, 0.29) is 36.0 Å². The Hall–Kier alpha value is -2.06. The SMILES string of the molecule is C=COOC(=C)OC(=O)C1C2CC(C1C(=O)OCOCC)C1C3CC(C(C)C3C)C21.O. The van der Waals surface area contributed by atoms with Gasteiger partial charge in [-0.2, -0.15) is 0 Å². The summed E-state index contributed by atoms with van der Waals surface area (Å²) in [6.45, 7) is 13.8. The first-order valence-corrected chi connectivity index (χ1v) is 11.0. The van der Waals surface area contributed by atoms with Crippen LogP contribution in [0.25, 0.3) is 0 Å². The van der Waals surface area contributed by atoms with Gasteiger partial charge in [0.15, 0.2) is 6.79 Å².